The summed E-state index contributed by atoms with van der Waals surface area (Å²) in [7, 11) is 0. The maximum absolute atomic E-state index is 12.6. The van der Waals surface area contributed by atoms with E-state index in [1.54, 1.807) is 0 Å². The van der Waals surface area contributed by atoms with Crippen molar-refractivity contribution >= 4 is 11.9 Å². The Morgan fingerprint density at radius 3 is 2.52 bits per heavy atom. The zero-order chi connectivity index (χ0) is 23.0. The molecule has 0 bridgehead atoms. The molecule has 2 aliphatic rings. The lowest BCUT2D eigenvalue weighted by Gasteiger charge is -2.27. The number of morpholine rings is 2. The van der Waals surface area contributed by atoms with E-state index in [0.717, 1.165) is 38.4 Å². The highest BCUT2D eigenvalue weighted by Crippen LogP contribution is 2.12. The highest BCUT2D eigenvalue weighted by Gasteiger charge is 2.17. The first-order chi connectivity index (χ1) is 16.1. The molecule has 2 N–H and O–H groups in total. The largest absolute Gasteiger partial charge is 0.379 e. The second-order valence-corrected chi connectivity index (χ2v) is 8.54. The van der Waals surface area contributed by atoms with Crippen LogP contribution in [0.4, 0.5) is 5.95 Å². The fraction of sp³-hybridized carbons (Fsp3) is 0.542. The Morgan fingerprint density at radius 1 is 1.09 bits per heavy atom. The molecule has 1 aromatic heterocycles. The number of rotatable bonds is 8. The van der Waals surface area contributed by atoms with Crippen LogP contribution in [0.5, 0.6) is 0 Å². The zero-order valence-electron chi connectivity index (χ0n) is 19.3. The average molecular weight is 456 g/mol. The molecular formula is C24H33N5O4. The molecule has 0 atom stereocenters. The zero-order valence-corrected chi connectivity index (χ0v) is 19.3. The summed E-state index contributed by atoms with van der Waals surface area (Å²) in [6.45, 7) is 9.31. The van der Waals surface area contributed by atoms with Gasteiger partial charge in [0.05, 0.1) is 26.4 Å². The summed E-state index contributed by atoms with van der Waals surface area (Å²) in [5, 5.41) is 2.97. The third-order valence-electron chi connectivity index (χ3n) is 6.11. The second-order valence-electron chi connectivity index (χ2n) is 8.54. The van der Waals surface area contributed by atoms with Gasteiger partial charge in [-0.15, -0.1) is 0 Å². The van der Waals surface area contributed by atoms with Crippen LogP contribution in [0.2, 0.25) is 0 Å². The van der Waals surface area contributed by atoms with E-state index in [1.165, 1.54) is 5.56 Å². The number of amides is 1. The first kappa shape index (κ1) is 23.4. The Morgan fingerprint density at radius 2 is 1.79 bits per heavy atom. The summed E-state index contributed by atoms with van der Waals surface area (Å²) in [6, 6.07) is 8.30. The van der Waals surface area contributed by atoms with Crippen molar-refractivity contribution < 1.29 is 14.3 Å². The molecule has 33 heavy (non-hydrogen) atoms. The van der Waals surface area contributed by atoms with Crippen LogP contribution in [0.3, 0.4) is 0 Å². The van der Waals surface area contributed by atoms with Gasteiger partial charge in [-0.25, -0.2) is 4.98 Å². The van der Waals surface area contributed by atoms with E-state index in [0.29, 0.717) is 56.5 Å². The van der Waals surface area contributed by atoms with Gasteiger partial charge in [-0.2, -0.15) is 0 Å². The number of nitrogens with zero attached hydrogens (tertiary/aromatic N) is 3. The summed E-state index contributed by atoms with van der Waals surface area (Å²) >= 11 is 0. The molecule has 0 radical (unpaired) electrons. The maximum atomic E-state index is 12.6. The van der Waals surface area contributed by atoms with Gasteiger partial charge >= 0.3 is 0 Å². The summed E-state index contributed by atoms with van der Waals surface area (Å²) < 4.78 is 10.8. The number of carbonyl (C=O) groups excluding carboxylic acids is 1. The van der Waals surface area contributed by atoms with Crippen molar-refractivity contribution in [3.05, 3.63) is 57.0 Å². The highest BCUT2D eigenvalue weighted by atomic mass is 16.5. The number of H-pyrrole nitrogens is 1. The molecule has 1 aromatic carbocycles. The monoisotopic (exact) mass is 455 g/mol. The summed E-state index contributed by atoms with van der Waals surface area (Å²) in [5.41, 5.74) is 3.36. The summed E-state index contributed by atoms with van der Waals surface area (Å²) in [6.07, 6.45) is 0.608. The molecule has 178 valence electrons. The van der Waals surface area contributed by atoms with E-state index in [2.05, 4.69) is 32.3 Å². The summed E-state index contributed by atoms with van der Waals surface area (Å²) in [4.78, 5) is 36.9. The van der Waals surface area contributed by atoms with Crippen LogP contribution in [0.1, 0.15) is 28.8 Å². The standard InChI is InChI=1S/C24H33N5O4/c1-18-21(23(31)27-24(26-18)29-9-13-33-14-10-29)5-6-22(30)25-16-19-3-2-4-20(15-19)17-28-7-11-32-12-8-28/h2-4,15H,5-14,16-17H2,1H3,(H,25,30)(H,26,27,31). The number of nitrogens with one attached hydrogen (secondary N) is 2. The number of benzene rings is 1. The predicted molar refractivity (Wildman–Crippen MR) is 125 cm³/mol. The minimum absolute atomic E-state index is 0.0790. The molecule has 2 aliphatic heterocycles. The lowest BCUT2D eigenvalue weighted by Crippen LogP contribution is -2.38. The number of hydrogen-bond acceptors (Lipinski definition) is 7. The van der Waals surface area contributed by atoms with Crippen molar-refractivity contribution in [1.82, 2.24) is 20.2 Å². The Balaban J connectivity index is 1.27. The van der Waals surface area contributed by atoms with E-state index in [-0.39, 0.29) is 17.9 Å². The number of aryl methyl sites for hydroxylation is 1. The third-order valence-corrected chi connectivity index (χ3v) is 6.11. The minimum atomic E-state index is -0.174. The van der Waals surface area contributed by atoms with Gasteiger partial charge in [0.2, 0.25) is 11.9 Å². The number of anilines is 1. The number of aromatic amines is 1. The Labute approximate surface area is 194 Å². The molecule has 4 rings (SSSR count). The molecule has 1 amide bonds. The quantitative estimate of drug-likeness (QED) is 0.613. The predicted octanol–water partition coefficient (Wildman–Crippen LogP) is 0.996. The molecule has 0 saturated carbocycles. The molecule has 0 aliphatic carbocycles. The average Bonchev–Trinajstić information content (AvgIpc) is 2.83. The number of hydrogen-bond donors (Lipinski definition) is 2. The van der Waals surface area contributed by atoms with Crippen molar-refractivity contribution in [3.8, 4) is 0 Å². The van der Waals surface area contributed by atoms with Crippen molar-refractivity contribution in [2.45, 2.75) is 32.9 Å². The second kappa shape index (κ2) is 11.4. The molecule has 0 unspecified atom stereocenters. The number of aromatic nitrogens is 2. The van der Waals surface area contributed by atoms with Crippen LogP contribution in [0, 0.1) is 6.92 Å². The van der Waals surface area contributed by atoms with E-state index < -0.39 is 0 Å². The number of ether oxygens (including phenoxy) is 2. The molecule has 2 aromatic rings. The molecule has 9 heteroatoms. The normalized spacial score (nSPS) is 17.2. The minimum Gasteiger partial charge on any atom is -0.379 e. The molecular weight excluding hydrogens is 422 g/mol. The van der Waals surface area contributed by atoms with Crippen molar-refractivity contribution in [3.63, 3.8) is 0 Å². The number of carbonyl (C=O) groups is 1. The van der Waals surface area contributed by atoms with Crippen LogP contribution < -0.4 is 15.8 Å². The van der Waals surface area contributed by atoms with Crippen molar-refractivity contribution in [1.29, 1.82) is 0 Å². The van der Waals surface area contributed by atoms with E-state index in [4.69, 9.17) is 9.47 Å². The van der Waals surface area contributed by atoms with Crippen LogP contribution in [-0.4, -0.2) is 73.4 Å². The van der Waals surface area contributed by atoms with Crippen LogP contribution >= 0.6 is 0 Å². The molecule has 3 heterocycles. The van der Waals surface area contributed by atoms with Gasteiger partial charge in [0, 0.05) is 56.9 Å². The van der Waals surface area contributed by atoms with Gasteiger partial charge in [0.15, 0.2) is 0 Å². The Hall–Kier alpha value is -2.75. The van der Waals surface area contributed by atoms with E-state index in [1.807, 2.05) is 24.0 Å². The van der Waals surface area contributed by atoms with Crippen molar-refractivity contribution in [2.75, 3.05) is 57.5 Å². The van der Waals surface area contributed by atoms with Gasteiger partial charge in [0.25, 0.3) is 5.56 Å². The molecule has 9 nitrogen and oxygen atoms in total. The first-order valence-electron chi connectivity index (χ1n) is 11.7. The van der Waals surface area contributed by atoms with E-state index in [9.17, 15) is 9.59 Å². The lowest BCUT2D eigenvalue weighted by atomic mass is 10.1. The SMILES string of the molecule is Cc1nc(N2CCOCC2)[nH]c(=O)c1CCC(=O)NCc1cccc(CN2CCOCC2)c1. The topological polar surface area (TPSA) is 99.8 Å². The van der Waals surface area contributed by atoms with Gasteiger partial charge < -0.3 is 19.7 Å². The highest BCUT2D eigenvalue weighted by molar-refractivity contribution is 5.76. The maximum Gasteiger partial charge on any atom is 0.255 e. The van der Waals surface area contributed by atoms with Crippen LogP contribution in [-0.2, 0) is 33.8 Å². The fourth-order valence-corrected chi connectivity index (χ4v) is 4.20. The van der Waals surface area contributed by atoms with Crippen LogP contribution in [0.15, 0.2) is 29.1 Å². The molecule has 0 spiro atoms. The van der Waals surface area contributed by atoms with Gasteiger partial charge in [-0.1, -0.05) is 24.3 Å². The van der Waals surface area contributed by atoms with Crippen LogP contribution in [0.25, 0.3) is 0 Å². The first-order valence-corrected chi connectivity index (χ1v) is 11.7. The summed E-state index contributed by atoms with van der Waals surface area (Å²) in [5.74, 6) is 0.496. The van der Waals surface area contributed by atoms with Gasteiger partial charge in [0.1, 0.15) is 0 Å². The lowest BCUT2D eigenvalue weighted by molar-refractivity contribution is -0.121. The Bertz CT molecular complexity index is 997. The fourth-order valence-electron chi connectivity index (χ4n) is 4.20. The smallest absolute Gasteiger partial charge is 0.255 e. The Kier molecular flexibility index (Phi) is 8.09. The van der Waals surface area contributed by atoms with E-state index >= 15 is 0 Å². The third kappa shape index (κ3) is 6.63. The van der Waals surface area contributed by atoms with Gasteiger partial charge in [-0.05, 0) is 24.5 Å². The molecule has 2 fully saturated rings. The van der Waals surface area contributed by atoms with Gasteiger partial charge in [-0.3, -0.25) is 19.5 Å². The van der Waals surface area contributed by atoms with Crippen molar-refractivity contribution in [2.24, 2.45) is 0 Å². The molecule has 2 saturated heterocycles.